The lowest BCUT2D eigenvalue weighted by molar-refractivity contribution is 0.128. The van der Waals surface area contributed by atoms with Crippen molar-refractivity contribution in [3.63, 3.8) is 0 Å². The van der Waals surface area contributed by atoms with Gasteiger partial charge in [0.05, 0.1) is 12.7 Å². The number of nitrogens with one attached hydrogen (secondary N) is 1. The van der Waals surface area contributed by atoms with E-state index in [4.69, 9.17) is 15.2 Å². The first-order valence-corrected chi connectivity index (χ1v) is 5.06. The van der Waals surface area contributed by atoms with Gasteiger partial charge >= 0.3 is 6.01 Å². The van der Waals surface area contributed by atoms with E-state index in [1.165, 1.54) is 0 Å². The van der Waals surface area contributed by atoms with Gasteiger partial charge in [0.1, 0.15) is 0 Å². The molecule has 90 valence electrons. The third kappa shape index (κ3) is 3.85. The molecule has 0 spiro atoms. The number of hydrogen-bond acceptors (Lipinski definition) is 7. The summed E-state index contributed by atoms with van der Waals surface area (Å²) in [6.45, 7) is 4.85. The monoisotopic (exact) mass is 227 g/mol. The second kappa shape index (κ2) is 6.06. The maximum atomic E-state index is 5.52. The number of ether oxygens (including phenoxy) is 2. The minimum absolute atomic E-state index is 0.0635. The maximum absolute atomic E-state index is 5.52. The van der Waals surface area contributed by atoms with Crippen LogP contribution < -0.4 is 15.8 Å². The number of nitrogens with zero attached hydrogens (tertiary/aromatic N) is 3. The molecule has 1 aromatic heterocycles. The number of nitrogen functional groups attached to an aromatic ring is 1. The van der Waals surface area contributed by atoms with Crippen LogP contribution in [0.3, 0.4) is 0 Å². The number of aromatic nitrogens is 3. The fourth-order valence-electron chi connectivity index (χ4n) is 0.963. The smallest absolute Gasteiger partial charge is 0.323 e. The zero-order valence-electron chi connectivity index (χ0n) is 9.73. The van der Waals surface area contributed by atoms with Crippen molar-refractivity contribution < 1.29 is 9.47 Å². The highest BCUT2D eigenvalue weighted by Gasteiger charge is 2.06. The predicted molar refractivity (Wildman–Crippen MR) is 60.4 cm³/mol. The van der Waals surface area contributed by atoms with Gasteiger partial charge in [-0.1, -0.05) is 0 Å². The zero-order chi connectivity index (χ0) is 12.0. The quantitative estimate of drug-likeness (QED) is 0.721. The first-order chi connectivity index (χ1) is 7.65. The van der Waals surface area contributed by atoms with E-state index in [1.54, 1.807) is 7.11 Å². The Bertz CT molecular complexity index is 334. The lowest BCUT2D eigenvalue weighted by Crippen LogP contribution is -2.20. The lowest BCUT2D eigenvalue weighted by Gasteiger charge is -2.11. The minimum Gasteiger partial charge on any atom is -0.464 e. The Hall–Kier alpha value is -1.63. The maximum Gasteiger partial charge on any atom is 0.323 e. The van der Waals surface area contributed by atoms with Crippen LogP contribution in [-0.4, -0.2) is 41.3 Å². The van der Waals surface area contributed by atoms with E-state index in [9.17, 15) is 0 Å². The average Bonchev–Trinajstić information content (AvgIpc) is 2.25. The van der Waals surface area contributed by atoms with Crippen LogP contribution in [0.1, 0.15) is 13.8 Å². The second-order valence-electron chi connectivity index (χ2n) is 3.16. The third-order valence-electron chi connectivity index (χ3n) is 1.86. The number of methoxy groups -OCH3 is 1. The van der Waals surface area contributed by atoms with Crippen LogP contribution in [0, 0.1) is 0 Å². The molecule has 0 aliphatic carbocycles. The van der Waals surface area contributed by atoms with E-state index in [0.717, 1.165) is 0 Å². The standard InChI is InChI=1S/C9H17N5O2/c1-4-16-9-13-7(10)12-8(14-9)11-5-6(2)15-3/h6H,4-5H2,1-3H3,(H3,10,11,12,13,14). The van der Waals surface area contributed by atoms with E-state index in [-0.39, 0.29) is 18.1 Å². The molecular weight excluding hydrogens is 210 g/mol. The third-order valence-corrected chi connectivity index (χ3v) is 1.86. The first-order valence-electron chi connectivity index (χ1n) is 5.06. The van der Waals surface area contributed by atoms with Crippen LogP contribution in [0.2, 0.25) is 0 Å². The molecule has 3 N–H and O–H groups in total. The topological polar surface area (TPSA) is 95.2 Å². The average molecular weight is 227 g/mol. The molecule has 1 atom stereocenters. The molecule has 0 aliphatic heterocycles. The van der Waals surface area contributed by atoms with Gasteiger partial charge in [0.15, 0.2) is 0 Å². The van der Waals surface area contributed by atoms with Gasteiger partial charge < -0.3 is 20.5 Å². The number of nitrogens with two attached hydrogens (primary N) is 1. The Morgan fingerprint density at radius 2 is 2.12 bits per heavy atom. The fraction of sp³-hybridized carbons (Fsp3) is 0.667. The van der Waals surface area contributed by atoms with E-state index in [0.29, 0.717) is 19.1 Å². The molecule has 0 bridgehead atoms. The van der Waals surface area contributed by atoms with Crippen molar-refractivity contribution in [2.75, 3.05) is 31.3 Å². The molecule has 0 radical (unpaired) electrons. The van der Waals surface area contributed by atoms with Crippen LogP contribution >= 0.6 is 0 Å². The molecule has 0 fully saturated rings. The predicted octanol–water partition coefficient (Wildman–Crippen LogP) is 0.299. The molecule has 0 saturated heterocycles. The van der Waals surface area contributed by atoms with Gasteiger partial charge in [0, 0.05) is 13.7 Å². The zero-order valence-corrected chi connectivity index (χ0v) is 9.73. The molecule has 16 heavy (non-hydrogen) atoms. The van der Waals surface area contributed by atoms with Gasteiger partial charge in [-0.15, -0.1) is 0 Å². The Morgan fingerprint density at radius 1 is 1.38 bits per heavy atom. The summed E-state index contributed by atoms with van der Waals surface area (Å²) < 4.78 is 10.2. The molecule has 1 heterocycles. The van der Waals surface area contributed by atoms with Crippen molar-refractivity contribution in [2.24, 2.45) is 0 Å². The summed E-state index contributed by atoms with van der Waals surface area (Å²) in [6, 6.07) is 0.225. The summed E-state index contributed by atoms with van der Waals surface area (Å²) in [4.78, 5) is 11.8. The normalized spacial score (nSPS) is 12.2. The molecule has 0 aliphatic rings. The lowest BCUT2D eigenvalue weighted by atomic mass is 10.4. The Kier molecular flexibility index (Phi) is 4.71. The molecule has 1 unspecified atom stereocenters. The molecular formula is C9H17N5O2. The van der Waals surface area contributed by atoms with Crippen LogP contribution in [0.25, 0.3) is 0 Å². The van der Waals surface area contributed by atoms with Crippen molar-refractivity contribution in [3.05, 3.63) is 0 Å². The van der Waals surface area contributed by atoms with Crippen molar-refractivity contribution in [1.29, 1.82) is 0 Å². The minimum atomic E-state index is 0.0635. The van der Waals surface area contributed by atoms with Gasteiger partial charge in [-0.25, -0.2) is 0 Å². The van der Waals surface area contributed by atoms with Crippen molar-refractivity contribution in [3.8, 4) is 6.01 Å². The SMILES string of the molecule is CCOc1nc(N)nc(NCC(C)OC)n1. The van der Waals surface area contributed by atoms with Gasteiger partial charge in [0.2, 0.25) is 11.9 Å². The van der Waals surface area contributed by atoms with Crippen LogP contribution in [0.5, 0.6) is 6.01 Å². The summed E-state index contributed by atoms with van der Waals surface area (Å²) in [5.41, 5.74) is 5.52. The summed E-state index contributed by atoms with van der Waals surface area (Å²) >= 11 is 0. The van der Waals surface area contributed by atoms with Crippen LogP contribution in [0.4, 0.5) is 11.9 Å². The van der Waals surface area contributed by atoms with E-state index < -0.39 is 0 Å². The van der Waals surface area contributed by atoms with Crippen molar-refractivity contribution in [2.45, 2.75) is 20.0 Å². The molecule has 0 amide bonds. The van der Waals surface area contributed by atoms with E-state index in [2.05, 4.69) is 20.3 Å². The van der Waals surface area contributed by atoms with Gasteiger partial charge in [0.25, 0.3) is 0 Å². The summed E-state index contributed by atoms with van der Waals surface area (Å²) in [5, 5.41) is 2.99. The van der Waals surface area contributed by atoms with E-state index >= 15 is 0 Å². The highest BCUT2D eigenvalue weighted by atomic mass is 16.5. The Labute approximate surface area is 94.4 Å². The van der Waals surface area contributed by atoms with Gasteiger partial charge in [-0.05, 0) is 13.8 Å². The Morgan fingerprint density at radius 3 is 2.75 bits per heavy atom. The number of anilines is 2. The fourth-order valence-corrected chi connectivity index (χ4v) is 0.963. The molecule has 0 aromatic carbocycles. The number of hydrogen-bond donors (Lipinski definition) is 2. The van der Waals surface area contributed by atoms with Crippen molar-refractivity contribution >= 4 is 11.9 Å². The highest BCUT2D eigenvalue weighted by molar-refractivity contribution is 5.32. The second-order valence-corrected chi connectivity index (χ2v) is 3.16. The van der Waals surface area contributed by atoms with Gasteiger partial charge in [-0.2, -0.15) is 15.0 Å². The summed E-state index contributed by atoms with van der Waals surface area (Å²) in [7, 11) is 1.64. The van der Waals surface area contributed by atoms with Crippen LogP contribution in [-0.2, 0) is 4.74 Å². The molecule has 7 heteroatoms. The molecule has 1 rings (SSSR count). The summed E-state index contributed by atoms with van der Waals surface area (Å²) in [5.74, 6) is 0.519. The first kappa shape index (κ1) is 12.4. The molecule has 0 saturated carbocycles. The van der Waals surface area contributed by atoms with E-state index in [1.807, 2.05) is 13.8 Å². The largest absolute Gasteiger partial charge is 0.464 e. The number of rotatable bonds is 6. The van der Waals surface area contributed by atoms with Gasteiger partial charge in [-0.3, -0.25) is 0 Å². The summed E-state index contributed by atoms with van der Waals surface area (Å²) in [6.07, 6.45) is 0.0635. The Balaban J connectivity index is 2.64. The molecule has 1 aromatic rings. The molecule has 7 nitrogen and oxygen atoms in total. The van der Waals surface area contributed by atoms with Crippen molar-refractivity contribution in [1.82, 2.24) is 15.0 Å². The van der Waals surface area contributed by atoms with Crippen LogP contribution in [0.15, 0.2) is 0 Å². The highest BCUT2D eigenvalue weighted by Crippen LogP contribution is 2.08.